The topological polar surface area (TPSA) is 39.2 Å². The van der Waals surface area contributed by atoms with Crippen LogP contribution in [0.3, 0.4) is 0 Å². The summed E-state index contributed by atoms with van der Waals surface area (Å²) in [5.41, 5.74) is 26.8. The number of hydrogen-bond acceptors (Lipinski definition) is 6. The van der Waals surface area contributed by atoms with Crippen molar-refractivity contribution in [3.8, 4) is 11.1 Å². The van der Waals surface area contributed by atoms with Crippen LogP contribution in [0.25, 0.3) is 55.0 Å². The zero-order valence-corrected chi connectivity index (χ0v) is 54.4. The van der Waals surface area contributed by atoms with Crippen molar-refractivity contribution >= 4 is 124 Å². The van der Waals surface area contributed by atoms with Crippen LogP contribution in [0.4, 0.5) is 56.9 Å². The first-order chi connectivity index (χ1) is 43.8. The Bertz CT molecular complexity index is 5060. The number of furan rings is 2. The summed E-state index contributed by atoms with van der Waals surface area (Å²) in [6.45, 7) is 24.4. The highest BCUT2D eigenvalue weighted by Gasteiger charge is 2.60. The molecule has 6 aliphatic rings. The largest absolute Gasteiger partial charge is 0.456 e. The Labute approximate surface area is 536 Å². The van der Waals surface area contributed by atoms with Crippen molar-refractivity contribution in [1.29, 1.82) is 0 Å². The fraction of sp³-hybridized carbons (Fsp3) is 0.286. The lowest BCUT2D eigenvalue weighted by atomic mass is 9.33. The molecule has 6 nitrogen and oxygen atoms in total. The van der Waals surface area contributed by atoms with Crippen LogP contribution in [-0.2, 0) is 21.7 Å². The van der Waals surface area contributed by atoms with Crippen molar-refractivity contribution < 1.29 is 8.83 Å². The second kappa shape index (κ2) is 18.8. The van der Waals surface area contributed by atoms with Gasteiger partial charge in [-0.25, -0.2) is 0 Å². The quantitative estimate of drug-likeness (QED) is 0.160. The highest BCUT2D eigenvalue weighted by Crippen LogP contribution is 2.64. The minimum absolute atomic E-state index is 0.00417. The van der Waals surface area contributed by atoms with E-state index in [4.69, 9.17) is 8.83 Å². The minimum atomic E-state index is -0.231. The molecule has 12 aromatic rings. The molecule has 4 atom stereocenters. The fourth-order valence-corrected chi connectivity index (χ4v) is 18.6. The number of fused-ring (bicyclic) bond motifs is 16. The summed E-state index contributed by atoms with van der Waals surface area (Å²) in [6.07, 6.45) is 9.26. The zero-order chi connectivity index (χ0) is 61.9. The molecule has 2 saturated carbocycles. The molecular formula is C84H79BN4O2. The number of anilines is 10. The van der Waals surface area contributed by atoms with Crippen molar-refractivity contribution in [3.63, 3.8) is 0 Å². The van der Waals surface area contributed by atoms with Gasteiger partial charge in [-0.05, 0) is 185 Å². The summed E-state index contributed by atoms with van der Waals surface area (Å²) in [4.78, 5) is 10.9. The van der Waals surface area contributed by atoms with Gasteiger partial charge in [0.05, 0.1) is 16.8 Å². The standard InChI is InChI=1S/C84H79BN4O2/c1-79(2,3)54-33-39-68-64(46-54)82(8)42-19-21-44-84(82,10)89(68)58-50-72-77-73(51-58)87(69-28-22-27-61-59-25-14-17-30-75(59)91-78(61)69)71-49-57(88-67-38-31-53(52-23-12-11-13-24-52)45-63(67)81(7)41-18-20-43-83(81,88)9)34-37-66(71)85(77)65-36-32-55(80(4,5)6)47-70(65)86(72)56-35-40-76-62(48-56)60-26-15-16-29-74(60)90-76/h11-17,22-40,45-51H,18-21,41-44H2,1-10H3. The van der Waals surface area contributed by atoms with Crippen LogP contribution >= 0.6 is 0 Å². The molecule has 0 N–H and O–H groups in total. The maximum Gasteiger partial charge on any atom is 0.252 e. The summed E-state index contributed by atoms with van der Waals surface area (Å²) in [7, 11) is 0. The minimum Gasteiger partial charge on any atom is -0.456 e. The highest BCUT2D eigenvalue weighted by atomic mass is 16.3. The summed E-state index contributed by atoms with van der Waals surface area (Å²) < 4.78 is 13.9. The lowest BCUT2D eigenvalue weighted by Gasteiger charge is -2.51. The van der Waals surface area contributed by atoms with E-state index in [0.29, 0.717) is 0 Å². The second-order valence-corrected chi connectivity index (χ2v) is 30.7. The van der Waals surface area contributed by atoms with Gasteiger partial charge in [0.25, 0.3) is 6.71 Å². The molecule has 0 saturated heterocycles. The van der Waals surface area contributed by atoms with E-state index in [-0.39, 0.29) is 39.5 Å². The lowest BCUT2D eigenvalue weighted by molar-refractivity contribution is 0.195. The van der Waals surface area contributed by atoms with E-state index < -0.39 is 0 Å². The molecule has 4 aliphatic heterocycles. The van der Waals surface area contributed by atoms with Crippen LogP contribution in [-0.4, -0.2) is 17.8 Å². The van der Waals surface area contributed by atoms with Crippen LogP contribution in [0.15, 0.2) is 209 Å². The number of benzene rings is 10. The van der Waals surface area contributed by atoms with Gasteiger partial charge in [-0.15, -0.1) is 0 Å². The second-order valence-electron chi connectivity index (χ2n) is 30.7. The Morgan fingerprint density at radius 2 is 0.890 bits per heavy atom. The lowest BCUT2D eigenvalue weighted by Crippen LogP contribution is -2.61. The summed E-state index contributed by atoms with van der Waals surface area (Å²) in [5.74, 6) is 0. The Kier molecular flexibility index (Phi) is 11.4. The van der Waals surface area contributed by atoms with Gasteiger partial charge in [0, 0.05) is 83.6 Å². The van der Waals surface area contributed by atoms with Gasteiger partial charge in [0.2, 0.25) is 0 Å². The van der Waals surface area contributed by atoms with Gasteiger partial charge >= 0.3 is 0 Å². The SMILES string of the molecule is CC(C)(C)c1ccc2c(c1)N(c1ccc3oc4ccccc4c3c1)c1cc(N3c4ccc(C(C)(C)C)cc4C4(C)CCCCC34C)cc3c1B2c1ccc(N2c4ccc(-c5ccccc5)cc4C4(C)CCCCC24C)cc1N3c1cccc2c1oc1ccccc12. The van der Waals surface area contributed by atoms with Crippen molar-refractivity contribution in [3.05, 3.63) is 222 Å². The molecule has 0 bridgehead atoms. The molecule has 18 rings (SSSR count). The average Bonchev–Trinajstić information content (AvgIpc) is 1.33. The van der Waals surface area contributed by atoms with Gasteiger partial charge in [-0.1, -0.05) is 196 Å². The third-order valence-corrected chi connectivity index (χ3v) is 23.8. The van der Waals surface area contributed by atoms with Gasteiger partial charge in [0.15, 0.2) is 5.58 Å². The number of para-hydroxylation sites is 3. The van der Waals surface area contributed by atoms with Gasteiger partial charge in [-0.2, -0.15) is 0 Å². The molecule has 450 valence electrons. The van der Waals surface area contributed by atoms with Gasteiger partial charge in [0.1, 0.15) is 16.7 Å². The number of hydrogen-bond donors (Lipinski definition) is 0. The molecule has 6 heterocycles. The van der Waals surface area contributed by atoms with E-state index in [9.17, 15) is 0 Å². The molecule has 2 aliphatic carbocycles. The molecule has 2 aromatic heterocycles. The Morgan fingerprint density at radius 1 is 0.363 bits per heavy atom. The number of rotatable bonds is 5. The third kappa shape index (κ3) is 7.49. The molecule has 7 heteroatoms. The van der Waals surface area contributed by atoms with Crippen LogP contribution in [0, 0.1) is 0 Å². The van der Waals surface area contributed by atoms with Crippen molar-refractivity contribution in [2.24, 2.45) is 0 Å². The van der Waals surface area contributed by atoms with Crippen molar-refractivity contribution in [1.82, 2.24) is 0 Å². The molecule has 0 amide bonds. The van der Waals surface area contributed by atoms with Crippen LogP contribution in [0.1, 0.15) is 143 Å². The normalized spacial score (nSPS) is 22.3. The predicted molar refractivity (Wildman–Crippen MR) is 383 cm³/mol. The van der Waals surface area contributed by atoms with E-state index in [0.717, 1.165) is 80.9 Å². The summed E-state index contributed by atoms with van der Waals surface area (Å²) >= 11 is 0. The van der Waals surface area contributed by atoms with E-state index >= 15 is 0 Å². The Hall–Kier alpha value is -8.94. The molecule has 2 fully saturated rings. The molecule has 91 heavy (non-hydrogen) atoms. The third-order valence-electron chi connectivity index (χ3n) is 23.8. The molecular weight excluding hydrogens is 1110 g/mol. The monoisotopic (exact) mass is 1190 g/mol. The predicted octanol–water partition coefficient (Wildman–Crippen LogP) is 21.3. The van der Waals surface area contributed by atoms with Crippen molar-refractivity contribution in [2.75, 3.05) is 19.6 Å². The smallest absolute Gasteiger partial charge is 0.252 e. The van der Waals surface area contributed by atoms with Crippen LogP contribution in [0.2, 0.25) is 0 Å². The fourth-order valence-electron chi connectivity index (χ4n) is 18.6. The van der Waals surface area contributed by atoms with E-state index in [1.54, 1.807) is 0 Å². The Morgan fingerprint density at radius 3 is 1.59 bits per heavy atom. The van der Waals surface area contributed by atoms with E-state index in [2.05, 4.69) is 289 Å². The molecule has 4 unspecified atom stereocenters. The van der Waals surface area contributed by atoms with E-state index in [1.165, 1.54) is 121 Å². The van der Waals surface area contributed by atoms with E-state index in [1.807, 2.05) is 0 Å². The first kappa shape index (κ1) is 55.0. The van der Waals surface area contributed by atoms with Crippen LogP contribution in [0.5, 0.6) is 0 Å². The Balaban J connectivity index is 0.959. The van der Waals surface area contributed by atoms with Crippen LogP contribution < -0.4 is 36.0 Å². The highest BCUT2D eigenvalue weighted by molar-refractivity contribution is 7.00. The first-order valence-corrected chi connectivity index (χ1v) is 33.7. The van der Waals surface area contributed by atoms with Gasteiger partial charge in [-0.3, -0.25) is 0 Å². The number of nitrogens with zero attached hydrogens (tertiary/aromatic N) is 4. The average molecular weight is 1190 g/mol. The van der Waals surface area contributed by atoms with Gasteiger partial charge < -0.3 is 28.4 Å². The first-order valence-electron chi connectivity index (χ1n) is 33.7. The summed E-state index contributed by atoms with van der Waals surface area (Å²) in [6, 6.07) is 77.1. The molecule has 0 spiro atoms. The molecule has 10 aromatic carbocycles. The van der Waals surface area contributed by atoms with Crippen molar-refractivity contribution in [2.45, 2.75) is 153 Å². The zero-order valence-electron chi connectivity index (χ0n) is 54.4. The maximum absolute atomic E-state index is 7.28. The maximum atomic E-state index is 7.28. The summed E-state index contributed by atoms with van der Waals surface area (Å²) in [5, 5.41) is 4.47. The molecule has 0 radical (unpaired) electrons.